The number of hydrogen-bond donors (Lipinski definition) is 0. The molecule has 0 aliphatic heterocycles. The first kappa shape index (κ1) is 15.1. The Hall–Kier alpha value is -2.32. The van der Waals surface area contributed by atoms with Crippen LogP contribution in [-0.2, 0) is 21.3 Å². The molecule has 5 heteroatoms. The van der Waals surface area contributed by atoms with Crippen LogP contribution < -0.4 is 4.74 Å². The van der Waals surface area contributed by atoms with E-state index in [1.165, 1.54) is 7.11 Å². The third kappa shape index (κ3) is 4.07. The van der Waals surface area contributed by atoms with Crippen LogP contribution in [-0.4, -0.2) is 15.5 Å². The van der Waals surface area contributed by atoms with Crippen molar-refractivity contribution in [3.8, 4) is 11.8 Å². The van der Waals surface area contributed by atoms with E-state index in [-0.39, 0.29) is 11.5 Å². The molecule has 108 valence electrons. The Bertz CT molecular complexity index is 762. The zero-order chi connectivity index (χ0) is 15.3. The first-order chi connectivity index (χ1) is 10.0. The molecule has 0 spiro atoms. The summed E-state index contributed by atoms with van der Waals surface area (Å²) in [6, 6.07) is 15.9. The number of methoxy groups -OCH3 is 1. The second-order valence-electron chi connectivity index (χ2n) is 4.66. The van der Waals surface area contributed by atoms with Gasteiger partial charge in [0.25, 0.3) is 0 Å². The van der Waals surface area contributed by atoms with Crippen LogP contribution in [0.4, 0.5) is 0 Å². The molecule has 21 heavy (non-hydrogen) atoms. The van der Waals surface area contributed by atoms with Crippen LogP contribution in [0.2, 0.25) is 0 Å². The summed E-state index contributed by atoms with van der Waals surface area (Å²) in [5.74, 6) is 0.337. The predicted molar refractivity (Wildman–Crippen MR) is 80.5 cm³/mol. The first-order valence-corrected chi connectivity index (χ1v) is 8.17. The van der Waals surface area contributed by atoms with Crippen molar-refractivity contribution in [1.29, 1.82) is 5.26 Å². The highest BCUT2D eigenvalue weighted by Gasteiger charge is 2.14. The number of rotatable bonds is 5. The van der Waals surface area contributed by atoms with Gasteiger partial charge in [0.1, 0.15) is 11.8 Å². The molecule has 2 rings (SSSR count). The van der Waals surface area contributed by atoms with Gasteiger partial charge in [-0.25, -0.2) is 8.42 Å². The smallest absolute Gasteiger partial charge is 0.158 e. The summed E-state index contributed by atoms with van der Waals surface area (Å²) in [6.07, 6.45) is 0. The summed E-state index contributed by atoms with van der Waals surface area (Å²) in [4.78, 5) is 0. The van der Waals surface area contributed by atoms with Crippen LogP contribution in [0.3, 0.4) is 0 Å². The highest BCUT2D eigenvalue weighted by atomic mass is 32.2. The minimum atomic E-state index is -3.28. The van der Waals surface area contributed by atoms with E-state index in [9.17, 15) is 8.42 Å². The molecule has 0 bridgehead atoms. The molecule has 0 amide bonds. The van der Waals surface area contributed by atoms with Crippen molar-refractivity contribution in [2.75, 3.05) is 7.11 Å². The lowest BCUT2D eigenvalue weighted by Gasteiger charge is -2.07. The third-order valence-corrected chi connectivity index (χ3v) is 4.55. The zero-order valence-electron chi connectivity index (χ0n) is 11.6. The van der Waals surface area contributed by atoms with Crippen molar-refractivity contribution in [1.82, 2.24) is 0 Å². The Morgan fingerprint density at radius 3 is 2.33 bits per heavy atom. The van der Waals surface area contributed by atoms with Crippen LogP contribution >= 0.6 is 0 Å². The Morgan fingerprint density at radius 2 is 1.71 bits per heavy atom. The summed E-state index contributed by atoms with van der Waals surface area (Å²) in [6.45, 7) is 0. The molecule has 0 aromatic heterocycles. The number of nitriles is 1. The molecule has 2 aromatic rings. The molecular formula is C16H15NO3S. The second kappa shape index (κ2) is 6.42. The van der Waals surface area contributed by atoms with Gasteiger partial charge in [-0.05, 0) is 23.3 Å². The standard InChI is InChI=1S/C16H15NO3S/c1-20-16-8-7-14(9-15(16)10-17)12-21(18,19)11-13-5-3-2-4-6-13/h2-9H,11-12H2,1H3. The summed E-state index contributed by atoms with van der Waals surface area (Å²) < 4.78 is 29.5. The maximum absolute atomic E-state index is 12.2. The topological polar surface area (TPSA) is 67.2 Å². The fraction of sp³-hybridized carbons (Fsp3) is 0.188. The SMILES string of the molecule is COc1ccc(CS(=O)(=O)Cc2ccccc2)cc1C#N. The van der Waals surface area contributed by atoms with E-state index in [1.54, 1.807) is 30.3 Å². The molecular weight excluding hydrogens is 286 g/mol. The molecule has 0 N–H and O–H groups in total. The van der Waals surface area contributed by atoms with E-state index in [1.807, 2.05) is 24.3 Å². The van der Waals surface area contributed by atoms with E-state index in [0.29, 0.717) is 16.9 Å². The number of hydrogen-bond acceptors (Lipinski definition) is 4. The number of benzene rings is 2. The minimum Gasteiger partial charge on any atom is -0.495 e. The average molecular weight is 301 g/mol. The Morgan fingerprint density at radius 1 is 1.05 bits per heavy atom. The molecule has 2 aromatic carbocycles. The second-order valence-corrected chi connectivity index (χ2v) is 6.73. The van der Waals surface area contributed by atoms with Crippen LogP contribution in [0.5, 0.6) is 5.75 Å². The third-order valence-electron chi connectivity index (χ3n) is 3.00. The van der Waals surface area contributed by atoms with Crippen molar-refractivity contribution in [3.63, 3.8) is 0 Å². The maximum Gasteiger partial charge on any atom is 0.158 e. The largest absolute Gasteiger partial charge is 0.495 e. The number of sulfone groups is 1. The molecule has 0 atom stereocenters. The van der Waals surface area contributed by atoms with Crippen LogP contribution in [0.25, 0.3) is 0 Å². The van der Waals surface area contributed by atoms with Crippen molar-refractivity contribution in [2.45, 2.75) is 11.5 Å². The number of nitrogens with zero attached hydrogens (tertiary/aromatic N) is 1. The normalized spacial score (nSPS) is 10.9. The zero-order valence-corrected chi connectivity index (χ0v) is 12.4. The summed E-state index contributed by atoms with van der Waals surface area (Å²) in [5, 5.41) is 9.03. The summed E-state index contributed by atoms with van der Waals surface area (Å²) in [7, 11) is -1.81. The lowest BCUT2D eigenvalue weighted by Crippen LogP contribution is -2.08. The Labute approximate surface area is 124 Å². The van der Waals surface area contributed by atoms with Crippen molar-refractivity contribution < 1.29 is 13.2 Å². The van der Waals surface area contributed by atoms with Gasteiger partial charge in [0, 0.05) is 0 Å². The van der Waals surface area contributed by atoms with Crippen LogP contribution in [0, 0.1) is 11.3 Å². The van der Waals surface area contributed by atoms with Gasteiger partial charge in [0.05, 0.1) is 24.2 Å². The van der Waals surface area contributed by atoms with E-state index < -0.39 is 9.84 Å². The molecule has 0 aliphatic carbocycles. The van der Waals surface area contributed by atoms with Gasteiger partial charge in [0.2, 0.25) is 0 Å². The van der Waals surface area contributed by atoms with Gasteiger partial charge >= 0.3 is 0 Å². The van der Waals surface area contributed by atoms with Crippen molar-refractivity contribution >= 4 is 9.84 Å². The van der Waals surface area contributed by atoms with Crippen LogP contribution in [0.1, 0.15) is 16.7 Å². The van der Waals surface area contributed by atoms with Gasteiger partial charge in [-0.1, -0.05) is 36.4 Å². The fourth-order valence-corrected chi connectivity index (χ4v) is 3.56. The molecule has 0 radical (unpaired) electrons. The lowest BCUT2D eigenvalue weighted by molar-refractivity contribution is 0.413. The summed E-state index contributed by atoms with van der Waals surface area (Å²) in [5.41, 5.74) is 1.68. The van der Waals surface area contributed by atoms with Crippen LogP contribution in [0.15, 0.2) is 48.5 Å². The van der Waals surface area contributed by atoms with E-state index in [4.69, 9.17) is 10.00 Å². The Kier molecular flexibility index (Phi) is 4.61. The molecule has 4 nitrogen and oxygen atoms in total. The minimum absolute atomic E-state index is 0.0121. The van der Waals surface area contributed by atoms with E-state index in [0.717, 1.165) is 5.56 Å². The highest BCUT2D eigenvalue weighted by Crippen LogP contribution is 2.21. The molecule has 0 aliphatic rings. The predicted octanol–water partition coefficient (Wildman–Crippen LogP) is 2.68. The van der Waals surface area contributed by atoms with Gasteiger partial charge in [-0.2, -0.15) is 5.26 Å². The molecule has 0 fully saturated rings. The molecule has 0 unspecified atom stereocenters. The highest BCUT2D eigenvalue weighted by molar-refractivity contribution is 7.89. The first-order valence-electron chi connectivity index (χ1n) is 6.35. The van der Waals surface area contributed by atoms with E-state index in [2.05, 4.69) is 0 Å². The van der Waals surface area contributed by atoms with Gasteiger partial charge in [-0.3, -0.25) is 0 Å². The molecule has 0 saturated heterocycles. The van der Waals surface area contributed by atoms with Gasteiger partial charge < -0.3 is 4.74 Å². The summed E-state index contributed by atoms with van der Waals surface area (Å²) >= 11 is 0. The number of ether oxygens (including phenoxy) is 1. The average Bonchev–Trinajstić information content (AvgIpc) is 2.47. The maximum atomic E-state index is 12.2. The quantitative estimate of drug-likeness (QED) is 0.851. The van der Waals surface area contributed by atoms with Gasteiger partial charge in [-0.15, -0.1) is 0 Å². The van der Waals surface area contributed by atoms with Crippen molar-refractivity contribution in [3.05, 3.63) is 65.2 Å². The molecule has 0 saturated carbocycles. The molecule has 0 heterocycles. The monoisotopic (exact) mass is 301 g/mol. The lowest BCUT2D eigenvalue weighted by atomic mass is 10.1. The Balaban J connectivity index is 2.19. The van der Waals surface area contributed by atoms with Crippen molar-refractivity contribution in [2.24, 2.45) is 0 Å². The van der Waals surface area contributed by atoms with E-state index >= 15 is 0 Å². The fourth-order valence-electron chi connectivity index (χ4n) is 2.07. The van der Waals surface area contributed by atoms with Gasteiger partial charge in [0.15, 0.2) is 9.84 Å².